The minimum atomic E-state index is -0.0955. The first-order valence-corrected chi connectivity index (χ1v) is 7.26. The van der Waals surface area contributed by atoms with Crippen LogP contribution in [-0.2, 0) is 0 Å². The molecule has 0 saturated carbocycles. The second-order valence-corrected chi connectivity index (χ2v) is 5.57. The van der Waals surface area contributed by atoms with Gasteiger partial charge in [-0.1, -0.05) is 28.9 Å². The van der Waals surface area contributed by atoms with Crippen molar-refractivity contribution in [2.75, 3.05) is 6.54 Å². The van der Waals surface area contributed by atoms with E-state index in [1.54, 1.807) is 18.5 Å². The fourth-order valence-electron chi connectivity index (χ4n) is 1.82. The molecule has 100 valence electrons. The highest BCUT2D eigenvalue weighted by Gasteiger charge is 2.11. The van der Waals surface area contributed by atoms with Crippen molar-refractivity contribution in [2.24, 2.45) is 0 Å². The summed E-state index contributed by atoms with van der Waals surface area (Å²) in [5.41, 5.74) is 1.96. The number of rotatable bonds is 5. The summed E-state index contributed by atoms with van der Waals surface area (Å²) in [5, 5.41) is 2.92. The molecule has 1 amide bonds. The third-order valence-electron chi connectivity index (χ3n) is 2.93. The first-order valence-electron chi connectivity index (χ1n) is 6.34. The van der Waals surface area contributed by atoms with Gasteiger partial charge in [0.15, 0.2) is 0 Å². The Balaban J connectivity index is 2.09. The van der Waals surface area contributed by atoms with Crippen LogP contribution in [0.25, 0.3) is 11.0 Å². The number of benzene rings is 1. The van der Waals surface area contributed by atoms with E-state index in [0.717, 1.165) is 18.4 Å². The van der Waals surface area contributed by atoms with Crippen LogP contribution >= 0.6 is 15.9 Å². The zero-order chi connectivity index (χ0) is 13.7. The number of amides is 1. The fourth-order valence-corrected chi connectivity index (χ4v) is 2.05. The Hall–Kier alpha value is -1.49. The van der Waals surface area contributed by atoms with Gasteiger partial charge in [0, 0.05) is 23.8 Å². The van der Waals surface area contributed by atoms with E-state index >= 15 is 0 Å². The van der Waals surface area contributed by atoms with E-state index in [1.807, 2.05) is 12.1 Å². The van der Waals surface area contributed by atoms with Crippen molar-refractivity contribution in [3.63, 3.8) is 0 Å². The van der Waals surface area contributed by atoms with Crippen LogP contribution in [0.2, 0.25) is 0 Å². The molecule has 1 atom stereocenters. The predicted octanol–water partition coefficient (Wildman–Crippen LogP) is 2.92. The molecule has 4 nitrogen and oxygen atoms in total. The standard InChI is InChI=1S/C14H16BrN3O/c1-2-10(15)6-7-18-14(19)11-4-3-5-12-13(11)17-9-8-16-12/h3-5,8-10H,2,6-7H2,1H3,(H,18,19). The molecule has 2 rings (SSSR count). The van der Waals surface area contributed by atoms with Crippen molar-refractivity contribution in [3.8, 4) is 0 Å². The fraction of sp³-hybridized carbons (Fsp3) is 0.357. The first kappa shape index (κ1) is 13.9. The molecule has 19 heavy (non-hydrogen) atoms. The first-order chi connectivity index (χ1) is 9.22. The lowest BCUT2D eigenvalue weighted by Crippen LogP contribution is -2.26. The molecule has 0 aliphatic carbocycles. The van der Waals surface area contributed by atoms with E-state index in [-0.39, 0.29) is 5.91 Å². The summed E-state index contributed by atoms with van der Waals surface area (Å²) < 4.78 is 0. The minimum Gasteiger partial charge on any atom is -0.352 e. The molecular weight excluding hydrogens is 306 g/mol. The number of hydrogen-bond donors (Lipinski definition) is 1. The third-order valence-corrected chi connectivity index (χ3v) is 4.03. The molecule has 0 spiro atoms. The third kappa shape index (κ3) is 3.50. The molecule has 1 N–H and O–H groups in total. The van der Waals surface area contributed by atoms with Gasteiger partial charge in [-0.05, 0) is 25.0 Å². The maximum Gasteiger partial charge on any atom is 0.253 e. The van der Waals surface area contributed by atoms with Crippen LogP contribution in [0.3, 0.4) is 0 Å². The quantitative estimate of drug-likeness (QED) is 0.861. The van der Waals surface area contributed by atoms with Crippen LogP contribution in [0.4, 0.5) is 0 Å². The summed E-state index contributed by atoms with van der Waals surface area (Å²) >= 11 is 3.55. The second-order valence-electron chi connectivity index (χ2n) is 4.28. The van der Waals surface area contributed by atoms with Gasteiger partial charge in [0.05, 0.1) is 11.1 Å². The Bertz CT molecular complexity index is 568. The predicted molar refractivity (Wildman–Crippen MR) is 79.5 cm³/mol. The lowest BCUT2D eigenvalue weighted by Gasteiger charge is -2.09. The maximum absolute atomic E-state index is 12.1. The molecule has 1 aromatic carbocycles. The van der Waals surface area contributed by atoms with Crippen molar-refractivity contribution < 1.29 is 4.79 Å². The molecule has 1 heterocycles. The monoisotopic (exact) mass is 321 g/mol. The Morgan fingerprint density at radius 2 is 2.16 bits per heavy atom. The smallest absolute Gasteiger partial charge is 0.253 e. The SMILES string of the molecule is CCC(Br)CCNC(=O)c1cccc2nccnc12. The number of aromatic nitrogens is 2. The lowest BCUT2D eigenvalue weighted by atomic mass is 10.1. The summed E-state index contributed by atoms with van der Waals surface area (Å²) in [7, 11) is 0. The number of para-hydroxylation sites is 1. The van der Waals surface area contributed by atoms with Gasteiger partial charge in [-0.3, -0.25) is 14.8 Å². The molecule has 1 unspecified atom stereocenters. The minimum absolute atomic E-state index is 0.0955. The number of halogens is 1. The Kier molecular flexibility index (Phi) is 4.85. The van der Waals surface area contributed by atoms with Crippen molar-refractivity contribution in [1.29, 1.82) is 0 Å². The molecule has 0 radical (unpaired) electrons. The van der Waals surface area contributed by atoms with Crippen LogP contribution in [-0.4, -0.2) is 27.2 Å². The van der Waals surface area contributed by atoms with Crippen LogP contribution in [0.5, 0.6) is 0 Å². The number of hydrogen-bond acceptors (Lipinski definition) is 3. The van der Waals surface area contributed by atoms with E-state index in [1.165, 1.54) is 0 Å². The van der Waals surface area contributed by atoms with Gasteiger partial charge in [0.2, 0.25) is 0 Å². The largest absolute Gasteiger partial charge is 0.352 e. The molecule has 5 heteroatoms. The van der Waals surface area contributed by atoms with E-state index in [0.29, 0.717) is 22.5 Å². The van der Waals surface area contributed by atoms with E-state index in [2.05, 4.69) is 38.1 Å². The van der Waals surface area contributed by atoms with Gasteiger partial charge in [-0.2, -0.15) is 0 Å². The van der Waals surface area contributed by atoms with Crippen LogP contribution < -0.4 is 5.32 Å². The van der Waals surface area contributed by atoms with E-state index in [9.17, 15) is 4.79 Å². The van der Waals surface area contributed by atoms with Crippen molar-refractivity contribution in [1.82, 2.24) is 15.3 Å². The molecule has 2 aromatic rings. The van der Waals surface area contributed by atoms with Gasteiger partial charge >= 0.3 is 0 Å². The van der Waals surface area contributed by atoms with Crippen LogP contribution in [0.1, 0.15) is 30.1 Å². The number of alkyl halides is 1. The number of carbonyl (C=O) groups is 1. The molecule has 0 bridgehead atoms. The summed E-state index contributed by atoms with van der Waals surface area (Å²) in [5.74, 6) is -0.0955. The highest BCUT2D eigenvalue weighted by Crippen LogP contribution is 2.14. The summed E-state index contributed by atoms with van der Waals surface area (Å²) in [4.78, 5) is 21.0. The van der Waals surface area contributed by atoms with Crippen molar-refractivity contribution in [3.05, 3.63) is 36.2 Å². The number of fused-ring (bicyclic) bond motifs is 1. The summed E-state index contributed by atoms with van der Waals surface area (Å²) in [6.07, 6.45) is 5.19. The average molecular weight is 322 g/mol. The number of nitrogens with zero attached hydrogens (tertiary/aromatic N) is 2. The maximum atomic E-state index is 12.1. The topological polar surface area (TPSA) is 54.9 Å². The Morgan fingerprint density at radius 1 is 1.37 bits per heavy atom. The number of nitrogens with one attached hydrogen (secondary N) is 1. The van der Waals surface area contributed by atoms with Gasteiger partial charge < -0.3 is 5.32 Å². The average Bonchev–Trinajstić information content (AvgIpc) is 2.46. The lowest BCUT2D eigenvalue weighted by molar-refractivity contribution is 0.0954. The summed E-state index contributed by atoms with van der Waals surface area (Å²) in [6, 6.07) is 5.45. The highest BCUT2D eigenvalue weighted by molar-refractivity contribution is 9.09. The Labute approximate surface area is 120 Å². The van der Waals surface area contributed by atoms with Gasteiger partial charge in [0.1, 0.15) is 5.52 Å². The van der Waals surface area contributed by atoms with Crippen LogP contribution in [0, 0.1) is 0 Å². The Morgan fingerprint density at radius 3 is 2.95 bits per heavy atom. The normalized spacial score (nSPS) is 12.3. The van der Waals surface area contributed by atoms with Gasteiger partial charge in [0.25, 0.3) is 5.91 Å². The molecular formula is C14H16BrN3O. The van der Waals surface area contributed by atoms with E-state index < -0.39 is 0 Å². The molecule has 0 aliphatic rings. The van der Waals surface area contributed by atoms with Gasteiger partial charge in [-0.15, -0.1) is 0 Å². The zero-order valence-electron chi connectivity index (χ0n) is 10.8. The van der Waals surface area contributed by atoms with Crippen LogP contribution in [0.15, 0.2) is 30.6 Å². The zero-order valence-corrected chi connectivity index (χ0v) is 12.4. The van der Waals surface area contributed by atoms with Crippen molar-refractivity contribution >= 4 is 32.9 Å². The molecule has 1 aromatic heterocycles. The van der Waals surface area contributed by atoms with Crippen molar-refractivity contribution in [2.45, 2.75) is 24.6 Å². The molecule has 0 aliphatic heterocycles. The highest BCUT2D eigenvalue weighted by atomic mass is 79.9. The molecule has 0 fully saturated rings. The second kappa shape index (κ2) is 6.61. The molecule has 0 saturated heterocycles. The number of carbonyl (C=O) groups excluding carboxylic acids is 1. The van der Waals surface area contributed by atoms with Gasteiger partial charge in [-0.25, -0.2) is 0 Å². The van der Waals surface area contributed by atoms with E-state index in [4.69, 9.17) is 0 Å². The summed E-state index contributed by atoms with van der Waals surface area (Å²) in [6.45, 7) is 2.76.